The molecule has 9 nitrogen and oxygen atoms in total. The molecule has 0 saturated carbocycles. The van der Waals surface area contributed by atoms with Gasteiger partial charge in [0.05, 0.1) is 30.8 Å². The Kier molecular flexibility index (Phi) is 5.96. The summed E-state index contributed by atoms with van der Waals surface area (Å²) in [5, 5.41) is 7.43. The van der Waals surface area contributed by atoms with Crippen LogP contribution in [0.15, 0.2) is 41.7 Å². The number of sulfonamides is 1. The summed E-state index contributed by atoms with van der Waals surface area (Å²) in [5.41, 5.74) is 2.90. The van der Waals surface area contributed by atoms with Crippen LogP contribution in [0.5, 0.6) is 0 Å². The molecule has 30 heavy (non-hydrogen) atoms. The van der Waals surface area contributed by atoms with Gasteiger partial charge in [0, 0.05) is 45.5 Å². The summed E-state index contributed by atoms with van der Waals surface area (Å²) in [5.74, 6) is 0.695. The fourth-order valence-corrected chi connectivity index (χ4v) is 5.41. The lowest BCUT2D eigenvalue weighted by molar-refractivity contribution is -0.00798. The number of aromatic nitrogens is 2. The van der Waals surface area contributed by atoms with Gasteiger partial charge in [-0.3, -0.25) is 14.0 Å². The highest BCUT2D eigenvalue weighted by atomic mass is 32.2. The second-order valence-corrected chi connectivity index (χ2v) is 9.51. The van der Waals surface area contributed by atoms with Crippen LogP contribution in [0, 0.1) is 0 Å². The van der Waals surface area contributed by atoms with Gasteiger partial charge in [-0.15, -0.1) is 0 Å². The van der Waals surface area contributed by atoms with Gasteiger partial charge in [0.2, 0.25) is 10.0 Å². The molecule has 0 spiro atoms. The van der Waals surface area contributed by atoms with E-state index in [2.05, 4.69) is 20.3 Å². The van der Waals surface area contributed by atoms with Crippen molar-refractivity contribution in [1.29, 1.82) is 0 Å². The van der Waals surface area contributed by atoms with E-state index in [4.69, 9.17) is 4.74 Å². The highest BCUT2D eigenvalue weighted by Gasteiger charge is 2.29. The Labute approximate surface area is 177 Å². The Morgan fingerprint density at radius 3 is 2.93 bits per heavy atom. The molecule has 1 fully saturated rings. The van der Waals surface area contributed by atoms with E-state index >= 15 is 0 Å². The maximum Gasteiger partial charge on any atom is 0.236 e. The topological polar surface area (TPSA) is 92.1 Å². The van der Waals surface area contributed by atoms with Gasteiger partial charge in [-0.05, 0) is 18.1 Å². The minimum atomic E-state index is -3.40. The lowest BCUT2D eigenvalue weighted by atomic mass is 10.1. The second-order valence-electron chi connectivity index (χ2n) is 7.49. The van der Waals surface area contributed by atoms with Gasteiger partial charge >= 0.3 is 0 Å². The van der Waals surface area contributed by atoms with Crippen molar-refractivity contribution in [1.82, 2.24) is 20.0 Å². The number of para-hydroxylation sites is 1. The zero-order valence-corrected chi connectivity index (χ0v) is 18.2. The normalized spacial score (nSPS) is 19.8. The minimum Gasteiger partial charge on any atom is -0.370 e. The molecule has 0 amide bonds. The number of aliphatic imine (C=N–C) groups is 1. The first-order valence-electron chi connectivity index (χ1n) is 10.1. The van der Waals surface area contributed by atoms with Crippen molar-refractivity contribution in [2.24, 2.45) is 12.0 Å². The van der Waals surface area contributed by atoms with Gasteiger partial charge < -0.3 is 15.0 Å². The average molecular weight is 433 g/mol. The van der Waals surface area contributed by atoms with Crippen molar-refractivity contribution in [3.8, 4) is 0 Å². The first-order chi connectivity index (χ1) is 14.5. The third-order valence-corrected chi connectivity index (χ3v) is 7.27. The van der Waals surface area contributed by atoms with Crippen LogP contribution in [-0.4, -0.2) is 74.6 Å². The Balaban J connectivity index is 1.34. The van der Waals surface area contributed by atoms with Crippen LogP contribution in [0.2, 0.25) is 0 Å². The van der Waals surface area contributed by atoms with E-state index in [1.807, 2.05) is 43.7 Å². The van der Waals surface area contributed by atoms with Crippen LogP contribution in [-0.2, 0) is 28.2 Å². The van der Waals surface area contributed by atoms with Crippen LogP contribution in [0.1, 0.15) is 17.2 Å². The molecule has 0 radical (unpaired) electrons. The number of guanidine groups is 1. The number of nitrogens with zero attached hydrogens (tertiary/aromatic N) is 5. The van der Waals surface area contributed by atoms with E-state index in [-0.39, 0.29) is 11.9 Å². The molecule has 1 saturated heterocycles. The number of fused-ring (bicyclic) bond motifs is 1. The van der Waals surface area contributed by atoms with E-state index in [1.165, 1.54) is 4.31 Å². The monoisotopic (exact) mass is 432 g/mol. The van der Waals surface area contributed by atoms with Gasteiger partial charge in [-0.25, -0.2) is 8.42 Å². The average Bonchev–Trinajstić information content (AvgIpc) is 3.38. The Morgan fingerprint density at radius 1 is 1.33 bits per heavy atom. The number of benzene rings is 1. The first kappa shape index (κ1) is 20.7. The van der Waals surface area contributed by atoms with Gasteiger partial charge in [-0.1, -0.05) is 18.2 Å². The summed E-state index contributed by atoms with van der Waals surface area (Å²) in [7, 11) is 0.192. The van der Waals surface area contributed by atoms with Crippen LogP contribution >= 0.6 is 0 Å². The molecule has 2 aliphatic heterocycles. The molecule has 2 aliphatic rings. The number of hydrogen-bond donors (Lipinski definition) is 1. The summed E-state index contributed by atoms with van der Waals surface area (Å²) in [4.78, 5) is 6.44. The molecule has 1 unspecified atom stereocenters. The van der Waals surface area contributed by atoms with E-state index in [9.17, 15) is 8.42 Å². The quantitative estimate of drug-likeness (QED) is 0.554. The molecule has 1 aromatic heterocycles. The maximum absolute atomic E-state index is 12.9. The largest absolute Gasteiger partial charge is 0.370 e. The van der Waals surface area contributed by atoms with Gasteiger partial charge in [0.25, 0.3) is 0 Å². The summed E-state index contributed by atoms with van der Waals surface area (Å²) in [6.45, 7) is 2.71. The van der Waals surface area contributed by atoms with E-state index in [0.29, 0.717) is 38.7 Å². The van der Waals surface area contributed by atoms with E-state index in [1.54, 1.807) is 11.7 Å². The highest BCUT2D eigenvalue weighted by molar-refractivity contribution is 7.92. The van der Waals surface area contributed by atoms with Crippen molar-refractivity contribution >= 4 is 21.7 Å². The lowest BCUT2D eigenvalue weighted by Crippen LogP contribution is -2.49. The van der Waals surface area contributed by atoms with Crippen molar-refractivity contribution in [3.63, 3.8) is 0 Å². The molecule has 0 bridgehead atoms. The Hall–Kier alpha value is -2.59. The number of rotatable bonds is 5. The first-order valence-corrected chi connectivity index (χ1v) is 11.7. The smallest absolute Gasteiger partial charge is 0.236 e. The molecule has 1 atom stereocenters. The summed E-state index contributed by atoms with van der Waals surface area (Å²) in [6, 6.07) is 7.69. The van der Waals surface area contributed by atoms with Gasteiger partial charge in [0.15, 0.2) is 5.96 Å². The number of nitrogens with one attached hydrogen (secondary N) is 1. The van der Waals surface area contributed by atoms with Crippen molar-refractivity contribution in [3.05, 3.63) is 47.8 Å². The van der Waals surface area contributed by atoms with E-state index < -0.39 is 10.0 Å². The number of morpholine rings is 1. The minimum absolute atomic E-state index is 0.0106. The Morgan fingerprint density at radius 2 is 2.17 bits per heavy atom. The highest BCUT2D eigenvalue weighted by Crippen LogP contribution is 2.29. The molecule has 0 aliphatic carbocycles. The SMILES string of the molecule is CN=C(NCCS(=O)(=O)N1CCc2ccccc21)N1CCOC(c2cnn(C)c2)C1. The molecular weight excluding hydrogens is 404 g/mol. The van der Waals surface area contributed by atoms with Crippen LogP contribution < -0.4 is 9.62 Å². The molecule has 1 aromatic carbocycles. The number of hydrogen-bond acceptors (Lipinski definition) is 5. The maximum atomic E-state index is 12.9. The fourth-order valence-electron chi connectivity index (χ4n) is 3.98. The lowest BCUT2D eigenvalue weighted by Gasteiger charge is -2.34. The van der Waals surface area contributed by atoms with Crippen molar-refractivity contribution in [2.45, 2.75) is 12.5 Å². The fraction of sp³-hybridized carbons (Fsp3) is 0.500. The predicted octanol–water partition coefficient (Wildman–Crippen LogP) is 0.761. The van der Waals surface area contributed by atoms with Crippen LogP contribution in [0.3, 0.4) is 0 Å². The van der Waals surface area contributed by atoms with Crippen molar-refractivity contribution < 1.29 is 13.2 Å². The van der Waals surface area contributed by atoms with Crippen LogP contribution in [0.4, 0.5) is 5.69 Å². The third kappa shape index (κ3) is 4.29. The Bertz CT molecular complexity index is 1020. The van der Waals surface area contributed by atoms with Crippen molar-refractivity contribution in [2.75, 3.05) is 49.9 Å². The zero-order chi connectivity index (χ0) is 21.1. The summed E-state index contributed by atoms with van der Waals surface area (Å²) < 4.78 is 34.9. The molecular formula is C20H28N6O3S. The summed E-state index contributed by atoms with van der Waals surface area (Å²) in [6.07, 6.45) is 4.43. The van der Waals surface area contributed by atoms with Crippen LogP contribution in [0.25, 0.3) is 0 Å². The zero-order valence-electron chi connectivity index (χ0n) is 17.4. The number of anilines is 1. The van der Waals surface area contributed by atoms with Gasteiger partial charge in [0.1, 0.15) is 6.10 Å². The molecule has 2 aromatic rings. The predicted molar refractivity (Wildman–Crippen MR) is 116 cm³/mol. The molecule has 1 N–H and O–H groups in total. The second kappa shape index (κ2) is 8.65. The molecule has 10 heteroatoms. The van der Waals surface area contributed by atoms with E-state index in [0.717, 1.165) is 23.2 Å². The van der Waals surface area contributed by atoms with Gasteiger partial charge in [-0.2, -0.15) is 5.10 Å². The third-order valence-electron chi connectivity index (χ3n) is 5.50. The number of ether oxygens (including phenoxy) is 1. The molecule has 4 rings (SSSR count). The number of aryl methyl sites for hydroxylation is 1. The summed E-state index contributed by atoms with van der Waals surface area (Å²) >= 11 is 0. The molecule has 3 heterocycles. The standard InChI is InChI=1S/C20H28N6O3S/c1-21-20(25-10-11-29-19(15-25)17-13-23-24(2)14-17)22-8-12-30(27,28)26-9-7-16-5-3-4-6-18(16)26/h3-6,13-14,19H,7-12,15H2,1-2H3,(H,21,22). The molecule has 162 valence electrons.